The van der Waals surface area contributed by atoms with Crippen molar-refractivity contribution in [2.45, 2.75) is 12.8 Å². The van der Waals surface area contributed by atoms with Crippen LogP contribution >= 0.6 is 0 Å². The van der Waals surface area contributed by atoms with Gasteiger partial charge in [-0.15, -0.1) is 0 Å². The normalized spacial score (nSPS) is 12.4. The van der Waals surface area contributed by atoms with E-state index in [0.717, 1.165) is 5.56 Å². The van der Waals surface area contributed by atoms with Gasteiger partial charge in [0.15, 0.2) is 0 Å². The van der Waals surface area contributed by atoms with Crippen molar-refractivity contribution >= 4 is 5.97 Å². The Morgan fingerprint density at radius 1 is 1.42 bits per heavy atom. The standard InChI is InChI=1S/C10H11O2/c1-8(7-10(11)12)9-5-3-2-4-6-9/h2-8H,1H3,(H,11,12). The Morgan fingerprint density at radius 3 is 2.50 bits per heavy atom. The molecule has 0 aliphatic carbocycles. The minimum absolute atomic E-state index is 0.0244. The van der Waals surface area contributed by atoms with Crippen molar-refractivity contribution in [2.75, 3.05) is 0 Å². The van der Waals surface area contributed by atoms with Crippen molar-refractivity contribution in [1.29, 1.82) is 0 Å². The second kappa shape index (κ2) is 3.90. The maximum atomic E-state index is 10.3. The molecule has 63 valence electrons. The fraction of sp³-hybridized carbons (Fsp3) is 0.200. The van der Waals surface area contributed by atoms with Crippen LogP contribution in [0, 0.1) is 6.42 Å². The van der Waals surface area contributed by atoms with Crippen molar-refractivity contribution in [3.8, 4) is 0 Å². The number of benzene rings is 1. The van der Waals surface area contributed by atoms with Gasteiger partial charge < -0.3 is 5.11 Å². The van der Waals surface area contributed by atoms with Gasteiger partial charge in [-0.1, -0.05) is 37.3 Å². The molecule has 1 unspecified atom stereocenters. The minimum Gasteiger partial charge on any atom is -0.481 e. The van der Waals surface area contributed by atoms with E-state index in [1.54, 1.807) is 0 Å². The highest BCUT2D eigenvalue weighted by atomic mass is 16.4. The van der Waals surface area contributed by atoms with Crippen LogP contribution in [-0.2, 0) is 4.79 Å². The lowest BCUT2D eigenvalue weighted by molar-refractivity contribution is -0.133. The Bertz CT molecular complexity index is 254. The van der Waals surface area contributed by atoms with Gasteiger partial charge in [0.25, 0.3) is 0 Å². The number of aliphatic carboxylic acids is 1. The van der Waals surface area contributed by atoms with Gasteiger partial charge in [-0.3, -0.25) is 4.79 Å². The van der Waals surface area contributed by atoms with Gasteiger partial charge in [0, 0.05) is 0 Å². The van der Waals surface area contributed by atoms with Crippen LogP contribution in [0.4, 0.5) is 0 Å². The van der Waals surface area contributed by atoms with Crippen molar-refractivity contribution in [1.82, 2.24) is 0 Å². The first-order chi connectivity index (χ1) is 5.70. The third-order valence-corrected chi connectivity index (χ3v) is 1.72. The lowest BCUT2D eigenvalue weighted by Gasteiger charge is -2.06. The van der Waals surface area contributed by atoms with Crippen LogP contribution in [-0.4, -0.2) is 11.1 Å². The molecule has 1 aromatic carbocycles. The van der Waals surface area contributed by atoms with E-state index in [4.69, 9.17) is 5.11 Å². The molecular formula is C10H11O2. The number of carbonyl (C=O) groups is 1. The topological polar surface area (TPSA) is 37.3 Å². The van der Waals surface area contributed by atoms with Crippen molar-refractivity contribution in [3.05, 3.63) is 42.3 Å². The highest BCUT2D eigenvalue weighted by molar-refractivity contribution is 5.78. The highest BCUT2D eigenvalue weighted by Gasteiger charge is 2.09. The van der Waals surface area contributed by atoms with E-state index in [1.807, 2.05) is 37.3 Å². The zero-order valence-corrected chi connectivity index (χ0v) is 6.90. The van der Waals surface area contributed by atoms with Gasteiger partial charge in [0.2, 0.25) is 0 Å². The molecule has 1 rings (SSSR count). The third-order valence-electron chi connectivity index (χ3n) is 1.72. The molecular weight excluding hydrogens is 152 g/mol. The van der Waals surface area contributed by atoms with Crippen LogP contribution in [0.2, 0.25) is 0 Å². The maximum Gasteiger partial charge on any atom is 0.308 e. The van der Waals surface area contributed by atoms with E-state index in [9.17, 15) is 4.79 Å². The molecule has 0 fully saturated rings. The first kappa shape index (κ1) is 8.78. The van der Waals surface area contributed by atoms with E-state index >= 15 is 0 Å². The smallest absolute Gasteiger partial charge is 0.308 e. The van der Waals surface area contributed by atoms with Gasteiger partial charge in [-0.05, 0) is 11.5 Å². The van der Waals surface area contributed by atoms with Crippen LogP contribution < -0.4 is 0 Å². The number of hydrogen-bond acceptors (Lipinski definition) is 1. The van der Waals surface area contributed by atoms with Gasteiger partial charge in [-0.2, -0.15) is 0 Å². The summed E-state index contributed by atoms with van der Waals surface area (Å²) in [6, 6.07) is 9.56. The molecule has 2 heteroatoms. The second-order valence-electron chi connectivity index (χ2n) is 2.70. The summed E-state index contributed by atoms with van der Waals surface area (Å²) in [6.07, 6.45) is 1.29. The van der Waals surface area contributed by atoms with E-state index in [0.29, 0.717) is 0 Å². The molecule has 0 aliphatic rings. The highest BCUT2D eigenvalue weighted by Crippen LogP contribution is 2.16. The Hall–Kier alpha value is -1.31. The fourth-order valence-electron chi connectivity index (χ4n) is 1.07. The van der Waals surface area contributed by atoms with E-state index < -0.39 is 5.97 Å². The zero-order chi connectivity index (χ0) is 8.97. The monoisotopic (exact) mass is 163 g/mol. The first-order valence-corrected chi connectivity index (χ1v) is 3.83. The second-order valence-corrected chi connectivity index (χ2v) is 2.70. The summed E-state index contributed by atoms with van der Waals surface area (Å²) in [4.78, 5) is 10.3. The molecule has 0 spiro atoms. The fourth-order valence-corrected chi connectivity index (χ4v) is 1.07. The minimum atomic E-state index is -0.869. The number of carboxylic acid groups (broad SMARTS) is 1. The molecule has 0 saturated carbocycles. The molecule has 1 N–H and O–H groups in total. The summed E-state index contributed by atoms with van der Waals surface area (Å²) in [5, 5.41) is 8.49. The van der Waals surface area contributed by atoms with E-state index in [-0.39, 0.29) is 5.92 Å². The lowest BCUT2D eigenvalue weighted by atomic mass is 9.98. The van der Waals surface area contributed by atoms with E-state index in [1.165, 1.54) is 6.42 Å². The summed E-state index contributed by atoms with van der Waals surface area (Å²) in [5.41, 5.74) is 1.03. The van der Waals surface area contributed by atoms with Gasteiger partial charge in [-0.25, -0.2) is 0 Å². The summed E-state index contributed by atoms with van der Waals surface area (Å²) in [5.74, 6) is -0.893. The Morgan fingerprint density at radius 2 is 2.00 bits per heavy atom. The molecule has 2 nitrogen and oxygen atoms in total. The van der Waals surface area contributed by atoms with Crippen molar-refractivity contribution in [2.24, 2.45) is 0 Å². The van der Waals surface area contributed by atoms with Crippen LogP contribution in [0.3, 0.4) is 0 Å². The summed E-state index contributed by atoms with van der Waals surface area (Å²) >= 11 is 0. The third kappa shape index (κ3) is 2.38. The molecule has 12 heavy (non-hydrogen) atoms. The lowest BCUT2D eigenvalue weighted by Crippen LogP contribution is -2.03. The van der Waals surface area contributed by atoms with Crippen molar-refractivity contribution < 1.29 is 9.90 Å². The van der Waals surface area contributed by atoms with Gasteiger partial charge in [0.05, 0.1) is 6.42 Å². The largest absolute Gasteiger partial charge is 0.481 e. The summed E-state index contributed by atoms with van der Waals surface area (Å²) < 4.78 is 0. The SMILES string of the molecule is CC([CH]C(=O)O)c1ccccc1. The molecule has 0 aliphatic heterocycles. The summed E-state index contributed by atoms with van der Waals surface area (Å²) in [6.45, 7) is 1.86. The predicted octanol–water partition coefficient (Wildman–Crippen LogP) is 2.08. The molecule has 0 saturated heterocycles. The van der Waals surface area contributed by atoms with Crippen LogP contribution in [0.5, 0.6) is 0 Å². The molecule has 0 amide bonds. The van der Waals surface area contributed by atoms with Crippen LogP contribution in [0.15, 0.2) is 30.3 Å². The van der Waals surface area contributed by atoms with Crippen molar-refractivity contribution in [3.63, 3.8) is 0 Å². The Labute approximate surface area is 71.8 Å². The number of hydrogen-bond donors (Lipinski definition) is 1. The van der Waals surface area contributed by atoms with Gasteiger partial charge >= 0.3 is 5.97 Å². The average molecular weight is 163 g/mol. The number of rotatable bonds is 3. The maximum absolute atomic E-state index is 10.3. The van der Waals surface area contributed by atoms with Crippen LogP contribution in [0.1, 0.15) is 18.4 Å². The predicted molar refractivity (Wildman–Crippen MR) is 46.8 cm³/mol. The molecule has 0 aromatic heterocycles. The molecule has 0 heterocycles. The summed E-state index contributed by atoms with van der Waals surface area (Å²) in [7, 11) is 0. The first-order valence-electron chi connectivity index (χ1n) is 3.83. The average Bonchev–Trinajstić information content (AvgIpc) is 2.05. The number of carboxylic acids is 1. The zero-order valence-electron chi connectivity index (χ0n) is 6.90. The Kier molecular flexibility index (Phi) is 2.86. The van der Waals surface area contributed by atoms with Crippen LogP contribution in [0.25, 0.3) is 0 Å². The molecule has 1 aromatic rings. The molecule has 1 radical (unpaired) electrons. The Balaban J connectivity index is 2.65. The molecule has 1 atom stereocenters. The quantitative estimate of drug-likeness (QED) is 0.740. The van der Waals surface area contributed by atoms with Gasteiger partial charge in [0.1, 0.15) is 0 Å². The molecule has 0 bridgehead atoms. The van der Waals surface area contributed by atoms with E-state index in [2.05, 4.69) is 0 Å².